The summed E-state index contributed by atoms with van der Waals surface area (Å²) < 4.78 is 0. The average Bonchev–Trinajstić information content (AvgIpc) is 2.78. The Bertz CT molecular complexity index is 405. The first-order valence-electron chi connectivity index (χ1n) is 7.18. The number of hydrogen-bond acceptors (Lipinski definition) is 5. The maximum absolute atomic E-state index is 4.81. The first-order valence-corrected chi connectivity index (χ1v) is 9.15. The van der Waals surface area contributed by atoms with Crippen LogP contribution in [0.1, 0.15) is 43.8 Å². The zero-order valence-electron chi connectivity index (χ0n) is 12.4. The molecule has 2 rings (SSSR count). The molecule has 3 nitrogen and oxygen atoms in total. The maximum atomic E-state index is 4.81. The van der Waals surface area contributed by atoms with Crippen molar-refractivity contribution in [3.05, 3.63) is 10.6 Å². The number of aryl methyl sites for hydroxylation is 1. The lowest BCUT2D eigenvalue weighted by Crippen LogP contribution is -2.40. The lowest BCUT2D eigenvalue weighted by Gasteiger charge is -2.32. The molecule has 108 valence electrons. The molecule has 2 heterocycles. The van der Waals surface area contributed by atoms with Gasteiger partial charge in [-0.3, -0.25) is 0 Å². The lowest BCUT2D eigenvalue weighted by atomic mass is 10.2. The van der Waals surface area contributed by atoms with Gasteiger partial charge in [0.15, 0.2) is 5.13 Å². The number of nitrogens with one attached hydrogen (secondary N) is 1. The van der Waals surface area contributed by atoms with Crippen LogP contribution in [0.4, 0.5) is 5.13 Å². The minimum Gasteiger partial charge on any atom is -0.344 e. The van der Waals surface area contributed by atoms with Crippen LogP contribution >= 0.6 is 23.1 Å². The van der Waals surface area contributed by atoms with Gasteiger partial charge in [-0.05, 0) is 33.7 Å². The standard InChI is InChI=1S/C14H25N3S2/c1-5-6-15-11(3)13-12(4)16-14(19-13)17-7-8-18-9-10(17)2/h10-11,15H,5-9H2,1-4H3. The molecule has 1 fully saturated rings. The van der Waals surface area contributed by atoms with Gasteiger partial charge < -0.3 is 10.2 Å². The first-order chi connectivity index (χ1) is 9.13. The Labute approximate surface area is 125 Å². The van der Waals surface area contributed by atoms with Crippen LogP contribution < -0.4 is 10.2 Å². The molecule has 5 heteroatoms. The molecule has 1 N–H and O–H groups in total. The highest BCUT2D eigenvalue weighted by atomic mass is 32.2. The summed E-state index contributed by atoms with van der Waals surface area (Å²) >= 11 is 3.92. The van der Waals surface area contributed by atoms with Crippen molar-refractivity contribution < 1.29 is 0 Å². The fourth-order valence-corrected chi connectivity index (χ4v) is 4.62. The van der Waals surface area contributed by atoms with E-state index in [-0.39, 0.29) is 0 Å². The second kappa shape index (κ2) is 6.95. The van der Waals surface area contributed by atoms with Crippen molar-refractivity contribution in [1.82, 2.24) is 10.3 Å². The Morgan fingerprint density at radius 1 is 1.53 bits per heavy atom. The molecule has 19 heavy (non-hydrogen) atoms. The lowest BCUT2D eigenvalue weighted by molar-refractivity contribution is 0.575. The molecule has 1 aromatic rings. The van der Waals surface area contributed by atoms with E-state index in [2.05, 4.69) is 49.7 Å². The summed E-state index contributed by atoms with van der Waals surface area (Å²) in [6.45, 7) is 11.1. The topological polar surface area (TPSA) is 28.2 Å². The molecule has 0 spiro atoms. The Morgan fingerprint density at radius 3 is 3.00 bits per heavy atom. The van der Waals surface area contributed by atoms with Crippen LogP contribution in [0.3, 0.4) is 0 Å². The molecule has 0 amide bonds. The van der Waals surface area contributed by atoms with E-state index in [1.165, 1.54) is 33.6 Å². The zero-order chi connectivity index (χ0) is 13.8. The van der Waals surface area contributed by atoms with E-state index in [1.54, 1.807) is 0 Å². The highest BCUT2D eigenvalue weighted by Crippen LogP contribution is 2.33. The van der Waals surface area contributed by atoms with Gasteiger partial charge in [0, 0.05) is 35.0 Å². The normalized spacial score (nSPS) is 21.7. The number of nitrogens with zero attached hydrogens (tertiary/aromatic N) is 2. The number of thiazole rings is 1. The summed E-state index contributed by atoms with van der Waals surface area (Å²) in [6, 6.07) is 1.02. The summed E-state index contributed by atoms with van der Waals surface area (Å²) in [5.41, 5.74) is 1.20. The molecular formula is C14H25N3S2. The molecule has 1 aromatic heterocycles. The first kappa shape index (κ1) is 15.1. The second-order valence-electron chi connectivity index (χ2n) is 5.24. The van der Waals surface area contributed by atoms with Crippen molar-refractivity contribution in [1.29, 1.82) is 0 Å². The van der Waals surface area contributed by atoms with E-state index in [4.69, 9.17) is 4.98 Å². The van der Waals surface area contributed by atoms with E-state index in [9.17, 15) is 0 Å². The van der Waals surface area contributed by atoms with Crippen LogP contribution in [-0.2, 0) is 0 Å². The van der Waals surface area contributed by atoms with Gasteiger partial charge in [-0.25, -0.2) is 4.98 Å². The molecule has 0 aromatic carbocycles. The molecule has 1 aliphatic rings. The van der Waals surface area contributed by atoms with Gasteiger partial charge in [0.05, 0.1) is 5.69 Å². The summed E-state index contributed by atoms with van der Waals surface area (Å²) in [5.74, 6) is 2.44. The fraction of sp³-hybridized carbons (Fsp3) is 0.786. The Morgan fingerprint density at radius 2 is 2.32 bits per heavy atom. The van der Waals surface area contributed by atoms with E-state index < -0.39 is 0 Å². The van der Waals surface area contributed by atoms with Crippen LogP contribution in [0, 0.1) is 6.92 Å². The molecule has 0 bridgehead atoms. The van der Waals surface area contributed by atoms with Gasteiger partial charge in [-0.15, -0.1) is 11.3 Å². The SMILES string of the molecule is CCCNC(C)c1sc(N2CCSCC2C)nc1C. The summed E-state index contributed by atoms with van der Waals surface area (Å²) in [7, 11) is 0. The predicted molar refractivity (Wildman–Crippen MR) is 87.7 cm³/mol. The van der Waals surface area contributed by atoms with Crippen LogP contribution in [0.5, 0.6) is 0 Å². The van der Waals surface area contributed by atoms with Gasteiger partial charge in [0.25, 0.3) is 0 Å². The quantitative estimate of drug-likeness (QED) is 0.901. The van der Waals surface area contributed by atoms with Gasteiger partial charge in [-0.1, -0.05) is 6.92 Å². The molecular weight excluding hydrogens is 274 g/mol. The van der Waals surface area contributed by atoms with E-state index >= 15 is 0 Å². The average molecular weight is 300 g/mol. The zero-order valence-corrected chi connectivity index (χ0v) is 14.0. The van der Waals surface area contributed by atoms with Crippen molar-refractivity contribution in [2.24, 2.45) is 0 Å². The molecule has 2 atom stereocenters. The summed E-state index contributed by atoms with van der Waals surface area (Å²) in [6.07, 6.45) is 1.18. The molecule has 2 unspecified atom stereocenters. The van der Waals surface area contributed by atoms with Crippen molar-refractivity contribution >= 4 is 28.2 Å². The number of rotatable bonds is 5. The number of thioether (sulfide) groups is 1. The third kappa shape index (κ3) is 3.64. The Hall–Kier alpha value is -0.260. The van der Waals surface area contributed by atoms with E-state index in [0.717, 1.165) is 13.1 Å². The minimum atomic E-state index is 0.417. The largest absolute Gasteiger partial charge is 0.344 e. The molecule has 0 radical (unpaired) electrons. The third-order valence-corrected chi connectivity index (χ3v) is 6.09. The van der Waals surface area contributed by atoms with E-state index in [1.807, 2.05) is 11.3 Å². The third-order valence-electron chi connectivity index (χ3n) is 3.53. The summed E-state index contributed by atoms with van der Waals surface area (Å²) in [4.78, 5) is 8.68. The maximum Gasteiger partial charge on any atom is 0.186 e. The number of hydrogen-bond donors (Lipinski definition) is 1. The molecule has 1 aliphatic heterocycles. The van der Waals surface area contributed by atoms with Crippen molar-refractivity contribution in [2.75, 3.05) is 29.5 Å². The minimum absolute atomic E-state index is 0.417. The second-order valence-corrected chi connectivity index (χ2v) is 7.40. The fourth-order valence-electron chi connectivity index (χ4n) is 2.38. The monoisotopic (exact) mass is 299 g/mol. The molecule has 0 saturated carbocycles. The van der Waals surface area contributed by atoms with Crippen molar-refractivity contribution in [3.63, 3.8) is 0 Å². The van der Waals surface area contributed by atoms with Crippen LogP contribution in [-0.4, -0.2) is 35.6 Å². The van der Waals surface area contributed by atoms with Crippen LogP contribution in [0.25, 0.3) is 0 Å². The van der Waals surface area contributed by atoms with Crippen LogP contribution in [0.15, 0.2) is 0 Å². The summed E-state index contributed by atoms with van der Waals surface area (Å²) in [5, 5.41) is 4.78. The van der Waals surface area contributed by atoms with Gasteiger partial charge >= 0.3 is 0 Å². The van der Waals surface area contributed by atoms with Gasteiger partial charge in [0.2, 0.25) is 0 Å². The van der Waals surface area contributed by atoms with E-state index in [0.29, 0.717) is 12.1 Å². The molecule has 1 saturated heterocycles. The Kier molecular flexibility index (Phi) is 5.54. The van der Waals surface area contributed by atoms with Gasteiger partial charge in [-0.2, -0.15) is 11.8 Å². The highest BCUT2D eigenvalue weighted by Gasteiger charge is 2.23. The van der Waals surface area contributed by atoms with Crippen molar-refractivity contribution in [2.45, 2.75) is 46.2 Å². The smallest absolute Gasteiger partial charge is 0.186 e. The van der Waals surface area contributed by atoms with Gasteiger partial charge in [0.1, 0.15) is 0 Å². The number of anilines is 1. The Balaban J connectivity index is 2.11. The number of aromatic nitrogens is 1. The predicted octanol–water partition coefficient (Wildman–Crippen LogP) is 3.45. The van der Waals surface area contributed by atoms with Crippen LogP contribution in [0.2, 0.25) is 0 Å². The van der Waals surface area contributed by atoms with Crippen molar-refractivity contribution in [3.8, 4) is 0 Å². The highest BCUT2D eigenvalue weighted by molar-refractivity contribution is 7.99. The molecule has 0 aliphatic carbocycles.